The van der Waals surface area contributed by atoms with Crippen molar-refractivity contribution in [2.24, 2.45) is 0 Å². The Bertz CT molecular complexity index is 581. The third-order valence-corrected chi connectivity index (χ3v) is 4.74. The molecule has 4 aromatic rings. The van der Waals surface area contributed by atoms with Crippen LogP contribution in [0.4, 0.5) is 0 Å². The van der Waals surface area contributed by atoms with Crippen molar-refractivity contribution in [1.29, 1.82) is 0 Å². The largest absolute Gasteiger partial charge is 0.299 e. The van der Waals surface area contributed by atoms with E-state index in [-0.39, 0.29) is 0 Å². The smallest absolute Gasteiger partial charge is 0.0966 e. The molecule has 1 N–H and O–H groups in total. The summed E-state index contributed by atoms with van der Waals surface area (Å²) in [5.41, 5.74) is 2.28. The minimum absolute atomic E-state index is 1.10. The number of rotatable bonds is 0. The third kappa shape index (κ3) is 0.861. The van der Waals surface area contributed by atoms with Gasteiger partial charge in [-0.3, -0.25) is 9.36 Å². The monoisotopic (exact) mass is 230 g/mol. The van der Waals surface area contributed by atoms with E-state index in [1.807, 2.05) is 6.20 Å². The van der Waals surface area contributed by atoms with Gasteiger partial charge in [-0.25, -0.2) is 0 Å². The van der Waals surface area contributed by atoms with Gasteiger partial charge in [-0.05, 0) is 22.0 Å². The molecule has 0 saturated carbocycles. The van der Waals surface area contributed by atoms with Crippen molar-refractivity contribution >= 4 is 52.8 Å². The first kappa shape index (κ1) is 7.84. The molecule has 2 aromatic carbocycles. The number of benzene rings is 1. The molecule has 2 nitrogen and oxygen atoms in total. The van der Waals surface area contributed by atoms with Crippen LogP contribution in [-0.4, -0.2) is 9.36 Å². The fourth-order valence-corrected chi connectivity index (χ4v) is 4.25. The summed E-state index contributed by atoms with van der Waals surface area (Å²) < 4.78 is 4.65. The van der Waals surface area contributed by atoms with E-state index in [1.165, 1.54) is 26.4 Å². The van der Waals surface area contributed by atoms with Crippen molar-refractivity contribution in [3.63, 3.8) is 0 Å². The Morgan fingerprint density at radius 2 is 2.00 bits per heavy atom. The lowest BCUT2D eigenvalue weighted by Crippen LogP contribution is -1.73. The van der Waals surface area contributed by atoms with Crippen LogP contribution in [0, 0.1) is 0 Å². The van der Waals surface area contributed by atoms with Crippen LogP contribution < -0.4 is 0 Å². The van der Waals surface area contributed by atoms with Gasteiger partial charge in [0.2, 0.25) is 0 Å². The molecule has 72 valence electrons. The number of nitrogens with zero attached hydrogens (tertiary/aromatic N) is 1. The Morgan fingerprint density at radius 3 is 3.00 bits per heavy atom. The van der Waals surface area contributed by atoms with Crippen molar-refractivity contribution in [1.82, 2.24) is 9.36 Å². The number of fused-ring (bicyclic) bond motifs is 6. The van der Waals surface area contributed by atoms with E-state index in [4.69, 9.17) is 0 Å². The normalized spacial score (nSPS) is 12.0. The molecule has 0 bridgehead atoms. The first-order valence-electron chi connectivity index (χ1n) is 4.67. The van der Waals surface area contributed by atoms with Crippen molar-refractivity contribution in [3.8, 4) is 0 Å². The van der Waals surface area contributed by atoms with Crippen molar-refractivity contribution in [2.45, 2.75) is 0 Å². The quantitative estimate of drug-likeness (QED) is 0.454. The van der Waals surface area contributed by atoms with Gasteiger partial charge in [-0.2, -0.15) is 0 Å². The molecule has 0 amide bonds. The lowest BCUT2D eigenvalue weighted by atomic mass is 10.1. The molecule has 0 radical (unpaired) electrons. The average Bonchev–Trinajstić information content (AvgIpc) is 2.97. The minimum Gasteiger partial charge on any atom is -0.299 e. The van der Waals surface area contributed by atoms with Gasteiger partial charge in [-0.15, -0.1) is 0 Å². The molecule has 0 saturated heterocycles. The van der Waals surface area contributed by atoms with Gasteiger partial charge in [0, 0.05) is 17.0 Å². The molecule has 0 unspecified atom stereocenters. The first-order valence-corrected chi connectivity index (χ1v) is 6.82. The number of nitrogens with one attached hydrogen (secondary N) is 1. The Morgan fingerprint density at radius 1 is 1.07 bits per heavy atom. The highest BCUT2D eigenvalue weighted by Crippen LogP contribution is 2.37. The summed E-state index contributed by atoms with van der Waals surface area (Å²) in [6, 6.07) is 8.55. The van der Waals surface area contributed by atoms with Crippen molar-refractivity contribution in [3.05, 3.63) is 30.5 Å². The van der Waals surface area contributed by atoms with Gasteiger partial charge in [0.05, 0.1) is 15.7 Å². The predicted molar refractivity (Wildman–Crippen MR) is 66.9 cm³/mol. The third-order valence-electron chi connectivity index (χ3n) is 2.78. The average molecular weight is 230 g/mol. The van der Waals surface area contributed by atoms with Crippen LogP contribution in [-0.2, 0) is 0 Å². The summed E-state index contributed by atoms with van der Waals surface area (Å²) in [5.74, 6) is 0. The lowest BCUT2D eigenvalue weighted by Gasteiger charge is -1.95. The summed E-state index contributed by atoms with van der Waals surface area (Å²) in [4.78, 5) is 4.43. The summed E-state index contributed by atoms with van der Waals surface area (Å²) in [7, 11) is 3.45. The van der Waals surface area contributed by atoms with Gasteiger partial charge >= 0.3 is 0 Å². The van der Waals surface area contributed by atoms with E-state index >= 15 is 0 Å². The number of hydrogen-bond acceptors (Lipinski definition) is 3. The zero-order valence-corrected chi connectivity index (χ0v) is 9.28. The van der Waals surface area contributed by atoms with Gasteiger partial charge in [0.1, 0.15) is 0 Å². The number of aromatic nitrogens is 2. The molecule has 0 atom stereocenters. The maximum Gasteiger partial charge on any atom is 0.0966 e. The molecule has 0 aliphatic rings. The zero-order chi connectivity index (χ0) is 9.83. The van der Waals surface area contributed by atoms with Crippen LogP contribution in [0.3, 0.4) is 0 Å². The van der Waals surface area contributed by atoms with Crippen LogP contribution in [0.5, 0.6) is 0 Å². The van der Waals surface area contributed by atoms with E-state index < -0.39 is 0 Å². The van der Waals surface area contributed by atoms with Gasteiger partial charge in [-0.1, -0.05) is 28.5 Å². The standard InChI is InChI=1S/C11H6N2S2/c1-2-6-7-4-5-12-9(7)10-11(8(6)3-1)14-15-13-10/h1-5,13H. The molecule has 15 heavy (non-hydrogen) atoms. The maximum atomic E-state index is 4.43. The van der Waals surface area contributed by atoms with Gasteiger partial charge in [0.15, 0.2) is 0 Å². The Hall–Kier alpha value is -1.39. The summed E-state index contributed by atoms with van der Waals surface area (Å²) >= 11 is 0. The molecule has 4 heteroatoms. The van der Waals surface area contributed by atoms with Crippen LogP contribution in [0.25, 0.3) is 31.9 Å². The Labute approximate surface area is 92.7 Å². The number of aromatic amines is 1. The molecule has 0 fully saturated rings. The molecule has 2 heterocycles. The fraction of sp³-hybridized carbons (Fsp3) is 0. The fourth-order valence-electron chi connectivity index (χ4n) is 2.13. The van der Waals surface area contributed by atoms with Crippen molar-refractivity contribution in [2.75, 3.05) is 0 Å². The number of H-pyrrole nitrogens is 1. The zero-order valence-electron chi connectivity index (χ0n) is 7.65. The summed E-state index contributed by atoms with van der Waals surface area (Å²) in [6.07, 6.45) is 1.88. The first-order chi connectivity index (χ1) is 7.45. The van der Waals surface area contributed by atoms with E-state index in [9.17, 15) is 0 Å². The second-order valence-electron chi connectivity index (χ2n) is 3.53. The van der Waals surface area contributed by atoms with Crippen LogP contribution in [0.2, 0.25) is 0 Å². The minimum atomic E-state index is 1.10. The lowest BCUT2D eigenvalue weighted by molar-refractivity contribution is 1.48. The van der Waals surface area contributed by atoms with Crippen molar-refractivity contribution < 1.29 is 0 Å². The SMILES string of the molecule is c1cc2c3ccnc3c3[nH]ssc3c2c1. The second kappa shape index (κ2) is 2.59. The molecule has 0 spiro atoms. The van der Waals surface area contributed by atoms with Crippen LogP contribution >= 0.6 is 20.9 Å². The molecular weight excluding hydrogens is 224 g/mol. The highest BCUT2D eigenvalue weighted by molar-refractivity contribution is 7.70. The molecule has 2 aromatic heterocycles. The van der Waals surface area contributed by atoms with E-state index in [0.717, 1.165) is 5.52 Å². The van der Waals surface area contributed by atoms with Gasteiger partial charge in [0.25, 0.3) is 0 Å². The predicted octanol–water partition coefficient (Wildman–Crippen LogP) is 3.99. The number of hydrogen-bond donors (Lipinski definition) is 1. The molecule has 0 aliphatic heterocycles. The molecular formula is C11H6N2S2. The highest BCUT2D eigenvalue weighted by Gasteiger charge is 2.11. The van der Waals surface area contributed by atoms with E-state index in [1.54, 1.807) is 20.9 Å². The molecule has 4 rings (SSSR count). The second-order valence-corrected chi connectivity index (χ2v) is 5.48. The van der Waals surface area contributed by atoms with Crippen LogP contribution in [0.15, 0.2) is 30.5 Å². The maximum absolute atomic E-state index is 4.43. The Kier molecular flexibility index (Phi) is 1.36. The van der Waals surface area contributed by atoms with Gasteiger partial charge < -0.3 is 0 Å². The summed E-state index contributed by atoms with van der Waals surface area (Å²) in [5, 5.41) is 3.91. The topological polar surface area (TPSA) is 28.7 Å². The Balaban J connectivity index is 2.56. The van der Waals surface area contributed by atoms with E-state index in [0.29, 0.717) is 0 Å². The summed E-state index contributed by atoms with van der Waals surface area (Å²) in [6.45, 7) is 0. The van der Waals surface area contributed by atoms with Crippen LogP contribution in [0.1, 0.15) is 0 Å². The van der Waals surface area contributed by atoms with E-state index in [2.05, 4.69) is 33.6 Å². The molecule has 0 aliphatic carbocycles. The highest BCUT2D eigenvalue weighted by atomic mass is 32.9.